The Bertz CT molecular complexity index is 774. The van der Waals surface area contributed by atoms with Crippen LogP contribution < -0.4 is 10.6 Å². The molecule has 2 saturated heterocycles. The topological polar surface area (TPSA) is 99.7 Å². The number of nitrogens with one attached hydrogen (secondary N) is 1. The van der Waals surface area contributed by atoms with Crippen LogP contribution in [0.25, 0.3) is 0 Å². The Morgan fingerprint density at radius 2 is 1.64 bits per heavy atom. The van der Waals surface area contributed by atoms with E-state index in [1.807, 2.05) is 43.0 Å². The molecule has 3 N–H and O–H groups in total. The predicted molar refractivity (Wildman–Crippen MR) is 137 cm³/mol. The van der Waals surface area contributed by atoms with Crippen LogP contribution in [0, 0.1) is 17.2 Å². The van der Waals surface area contributed by atoms with Gasteiger partial charge >= 0.3 is 5.97 Å². The highest BCUT2D eigenvalue weighted by molar-refractivity contribution is 5.95. The van der Waals surface area contributed by atoms with Crippen molar-refractivity contribution in [3.63, 3.8) is 0 Å². The summed E-state index contributed by atoms with van der Waals surface area (Å²) in [5, 5.41) is 7.50. The van der Waals surface area contributed by atoms with E-state index in [2.05, 4.69) is 4.90 Å². The van der Waals surface area contributed by atoms with Crippen molar-refractivity contribution in [2.45, 2.75) is 58.5 Å². The number of amidine groups is 1. The summed E-state index contributed by atoms with van der Waals surface area (Å²) in [6.07, 6.45) is 4.75. The molecule has 1 aromatic rings. The van der Waals surface area contributed by atoms with Crippen LogP contribution in [0.2, 0.25) is 0 Å². The van der Waals surface area contributed by atoms with Gasteiger partial charge in [0.25, 0.3) is 0 Å². The van der Waals surface area contributed by atoms with E-state index in [1.165, 1.54) is 0 Å². The van der Waals surface area contributed by atoms with Gasteiger partial charge in [-0.2, -0.15) is 0 Å². The molecule has 0 unspecified atom stereocenters. The molecule has 2 heterocycles. The molecule has 0 aromatic heterocycles. The zero-order valence-corrected chi connectivity index (χ0v) is 21.3. The minimum absolute atomic E-state index is 0. The van der Waals surface area contributed by atoms with Crippen molar-refractivity contribution in [3.05, 3.63) is 29.8 Å². The summed E-state index contributed by atoms with van der Waals surface area (Å²) in [5.74, 6) is 0.641. The van der Waals surface area contributed by atoms with Crippen LogP contribution in [0.3, 0.4) is 0 Å². The zero-order chi connectivity index (χ0) is 22.4. The lowest BCUT2D eigenvalue weighted by Crippen LogP contribution is -2.45. The van der Waals surface area contributed by atoms with Crippen LogP contribution in [0.1, 0.15) is 57.9 Å². The van der Waals surface area contributed by atoms with E-state index < -0.39 is 0 Å². The van der Waals surface area contributed by atoms with E-state index in [1.54, 1.807) is 0 Å². The molecule has 3 rings (SSSR count). The standard InChI is InChI=1S/C24H36N4O3.2ClH/c1-3-17(2)31-22(29)16-18-8-12-28(13-9-18)24(30)20-10-14-27(15-11-20)21-6-4-19(5-7-21)23(25)26;;/h4-7,17-18,20H,3,8-16H2,1-2H3,(H3,25,26);2*1H/t17-;;/m1../s1. The predicted octanol–water partition coefficient (Wildman–Crippen LogP) is 4.00. The summed E-state index contributed by atoms with van der Waals surface area (Å²) in [6.45, 7) is 7.13. The minimum atomic E-state index is -0.108. The number of rotatable bonds is 7. The average Bonchev–Trinajstić information content (AvgIpc) is 2.79. The molecule has 0 spiro atoms. The molecular formula is C24H38Cl2N4O3. The van der Waals surface area contributed by atoms with Crippen LogP contribution in [-0.2, 0) is 14.3 Å². The highest BCUT2D eigenvalue weighted by Gasteiger charge is 2.31. The monoisotopic (exact) mass is 500 g/mol. The second-order valence-corrected chi connectivity index (χ2v) is 8.90. The Balaban J connectivity index is 0.00000272. The molecule has 2 fully saturated rings. The zero-order valence-electron chi connectivity index (χ0n) is 19.6. The first kappa shape index (κ1) is 29.0. The molecule has 9 heteroatoms. The van der Waals surface area contributed by atoms with Crippen molar-refractivity contribution in [2.75, 3.05) is 31.1 Å². The summed E-state index contributed by atoms with van der Waals surface area (Å²) >= 11 is 0. The smallest absolute Gasteiger partial charge is 0.306 e. The fraction of sp³-hybridized carbons (Fsp3) is 0.625. The van der Waals surface area contributed by atoms with Crippen LogP contribution in [0.5, 0.6) is 0 Å². The lowest BCUT2D eigenvalue weighted by atomic mass is 9.90. The van der Waals surface area contributed by atoms with Crippen molar-refractivity contribution >= 4 is 48.2 Å². The van der Waals surface area contributed by atoms with Gasteiger partial charge in [-0.3, -0.25) is 15.0 Å². The van der Waals surface area contributed by atoms with Gasteiger partial charge in [-0.05, 0) is 69.2 Å². The summed E-state index contributed by atoms with van der Waals surface area (Å²) in [6, 6.07) is 7.74. The largest absolute Gasteiger partial charge is 0.463 e. The molecule has 0 saturated carbocycles. The average molecular weight is 501 g/mol. The fourth-order valence-electron chi connectivity index (χ4n) is 4.44. The third kappa shape index (κ3) is 8.07. The van der Waals surface area contributed by atoms with Gasteiger partial charge in [0.1, 0.15) is 5.84 Å². The van der Waals surface area contributed by atoms with E-state index in [0.717, 1.165) is 69.5 Å². The number of hydrogen-bond donors (Lipinski definition) is 2. The van der Waals surface area contributed by atoms with Gasteiger partial charge in [-0.1, -0.05) is 6.92 Å². The molecule has 7 nitrogen and oxygen atoms in total. The van der Waals surface area contributed by atoms with Gasteiger partial charge in [0.05, 0.1) is 6.10 Å². The Labute approximate surface area is 209 Å². The van der Waals surface area contributed by atoms with Crippen LogP contribution in [0.15, 0.2) is 24.3 Å². The summed E-state index contributed by atoms with van der Waals surface area (Å²) in [4.78, 5) is 29.3. The van der Waals surface area contributed by atoms with Crippen LogP contribution in [0.4, 0.5) is 5.69 Å². The first-order valence-corrected chi connectivity index (χ1v) is 11.5. The quantitative estimate of drug-likeness (QED) is 0.334. The molecule has 186 valence electrons. The van der Waals surface area contributed by atoms with Gasteiger partial charge in [0, 0.05) is 49.8 Å². The molecule has 1 atom stereocenters. The first-order valence-electron chi connectivity index (χ1n) is 11.5. The van der Waals surface area contributed by atoms with E-state index in [0.29, 0.717) is 12.3 Å². The highest BCUT2D eigenvalue weighted by Crippen LogP contribution is 2.28. The number of nitrogens with two attached hydrogens (primary N) is 1. The van der Waals surface area contributed by atoms with Crippen molar-refractivity contribution in [1.29, 1.82) is 5.41 Å². The minimum Gasteiger partial charge on any atom is -0.463 e. The number of carbonyl (C=O) groups is 2. The maximum atomic E-state index is 13.0. The fourth-order valence-corrected chi connectivity index (χ4v) is 4.44. The second-order valence-electron chi connectivity index (χ2n) is 8.90. The number of ether oxygens (including phenoxy) is 1. The number of esters is 1. The molecule has 0 radical (unpaired) electrons. The van der Waals surface area contributed by atoms with Crippen molar-refractivity contribution in [2.24, 2.45) is 17.6 Å². The molecule has 1 aromatic carbocycles. The van der Waals surface area contributed by atoms with Crippen LogP contribution >= 0.6 is 24.8 Å². The number of carbonyl (C=O) groups excluding carboxylic acids is 2. The summed E-state index contributed by atoms with van der Waals surface area (Å²) in [5.41, 5.74) is 7.37. The Morgan fingerprint density at radius 1 is 1.06 bits per heavy atom. The Hall–Kier alpha value is -1.99. The molecule has 2 aliphatic heterocycles. The maximum absolute atomic E-state index is 13.0. The third-order valence-corrected chi connectivity index (χ3v) is 6.68. The highest BCUT2D eigenvalue weighted by atomic mass is 35.5. The molecule has 0 aliphatic carbocycles. The summed E-state index contributed by atoms with van der Waals surface area (Å²) < 4.78 is 5.40. The third-order valence-electron chi connectivity index (χ3n) is 6.68. The van der Waals surface area contributed by atoms with E-state index in [-0.39, 0.29) is 54.5 Å². The SMILES string of the molecule is CC[C@@H](C)OC(=O)CC1CCN(C(=O)C2CCN(c3ccc(C(=N)N)cc3)CC2)CC1.Cl.Cl. The van der Waals surface area contributed by atoms with E-state index in [4.69, 9.17) is 15.9 Å². The van der Waals surface area contributed by atoms with Gasteiger partial charge in [0.15, 0.2) is 0 Å². The Kier molecular flexibility index (Phi) is 12.0. The number of anilines is 1. The number of amides is 1. The Morgan fingerprint density at radius 3 is 2.15 bits per heavy atom. The molecule has 33 heavy (non-hydrogen) atoms. The lowest BCUT2D eigenvalue weighted by molar-refractivity contribution is -0.150. The lowest BCUT2D eigenvalue weighted by Gasteiger charge is -2.38. The molecule has 0 bridgehead atoms. The summed E-state index contributed by atoms with van der Waals surface area (Å²) in [7, 11) is 0. The number of likely N-dealkylation sites (tertiary alicyclic amines) is 1. The molecular weight excluding hydrogens is 463 g/mol. The second kappa shape index (κ2) is 13.7. The molecule has 1 amide bonds. The normalized spacial score (nSPS) is 18.0. The van der Waals surface area contributed by atoms with E-state index >= 15 is 0 Å². The number of hydrogen-bond acceptors (Lipinski definition) is 5. The maximum Gasteiger partial charge on any atom is 0.306 e. The van der Waals surface area contributed by atoms with Gasteiger partial charge in [-0.15, -0.1) is 24.8 Å². The molecule has 2 aliphatic rings. The van der Waals surface area contributed by atoms with Gasteiger partial charge in [-0.25, -0.2) is 0 Å². The number of nitrogen functional groups attached to an aromatic ring is 1. The van der Waals surface area contributed by atoms with Crippen LogP contribution in [-0.4, -0.2) is 54.9 Å². The number of benzene rings is 1. The number of piperidine rings is 2. The van der Waals surface area contributed by atoms with Crippen molar-refractivity contribution in [1.82, 2.24) is 4.90 Å². The van der Waals surface area contributed by atoms with Crippen molar-refractivity contribution in [3.8, 4) is 0 Å². The van der Waals surface area contributed by atoms with E-state index in [9.17, 15) is 9.59 Å². The number of halogens is 2. The van der Waals surface area contributed by atoms with Gasteiger partial charge < -0.3 is 20.3 Å². The number of nitrogens with zero attached hydrogens (tertiary/aromatic N) is 2. The first-order chi connectivity index (χ1) is 14.9. The van der Waals surface area contributed by atoms with Gasteiger partial charge in [0.2, 0.25) is 5.91 Å². The van der Waals surface area contributed by atoms with Crippen molar-refractivity contribution < 1.29 is 14.3 Å².